The third kappa shape index (κ3) is 2.64. The number of carbonyl (C=O) groups is 2. The van der Waals surface area contributed by atoms with Crippen LogP contribution in [0.4, 0.5) is 5.69 Å². The molecule has 2 aromatic carbocycles. The molecule has 0 aliphatic carbocycles. The van der Waals surface area contributed by atoms with Crippen molar-refractivity contribution in [3.05, 3.63) is 65.7 Å². The lowest BCUT2D eigenvalue weighted by atomic mass is 10.1. The second-order valence-electron chi connectivity index (χ2n) is 4.91. The third-order valence-corrected chi connectivity index (χ3v) is 4.44. The van der Waals surface area contributed by atoms with Crippen LogP contribution < -0.4 is 4.90 Å². The van der Waals surface area contributed by atoms with Crippen molar-refractivity contribution < 1.29 is 14.3 Å². The van der Waals surface area contributed by atoms with E-state index in [-0.39, 0.29) is 5.91 Å². The molecule has 3 rings (SSSR count). The molecule has 1 amide bonds. The highest BCUT2D eigenvalue weighted by Gasteiger charge is 2.34. The molecular weight excluding hydrogens is 310 g/mol. The Morgan fingerprint density at radius 3 is 2.43 bits per heavy atom. The summed E-state index contributed by atoms with van der Waals surface area (Å²) in [7, 11) is 1.32. The molecule has 5 heteroatoms. The minimum atomic E-state index is -0.490. The molecule has 0 spiro atoms. The van der Waals surface area contributed by atoms with E-state index in [1.807, 2.05) is 48.7 Å². The Bertz CT molecular complexity index is 813. The Morgan fingerprint density at radius 1 is 1.09 bits per heavy atom. The summed E-state index contributed by atoms with van der Waals surface area (Å²) in [4.78, 5) is 27.2. The van der Waals surface area contributed by atoms with Gasteiger partial charge >= 0.3 is 5.97 Å². The van der Waals surface area contributed by atoms with Gasteiger partial charge < -0.3 is 4.74 Å². The first-order valence-electron chi connectivity index (χ1n) is 7.04. The molecule has 1 heterocycles. The average Bonchev–Trinajstić information content (AvgIpc) is 2.87. The summed E-state index contributed by atoms with van der Waals surface area (Å²) in [5, 5.41) is 0. The number of rotatable bonds is 3. The Morgan fingerprint density at radius 2 is 1.74 bits per heavy atom. The maximum absolute atomic E-state index is 12.9. The van der Waals surface area contributed by atoms with Crippen molar-refractivity contribution in [2.45, 2.75) is 4.90 Å². The number of para-hydroxylation sites is 1. The monoisotopic (exact) mass is 325 g/mol. The molecule has 0 N–H and O–H groups in total. The number of anilines is 1. The molecule has 0 radical (unpaired) electrons. The zero-order valence-electron chi connectivity index (χ0n) is 12.8. The van der Waals surface area contributed by atoms with Crippen molar-refractivity contribution in [1.82, 2.24) is 0 Å². The fraction of sp³-hybridized carbons (Fsp3) is 0.111. The van der Waals surface area contributed by atoms with E-state index in [4.69, 9.17) is 4.74 Å². The SMILES string of the molecule is COC(=O)C=C1c2ccccc2C(=O)N1c1ccccc1SC. The van der Waals surface area contributed by atoms with Crippen LogP contribution in [0.25, 0.3) is 5.70 Å². The van der Waals surface area contributed by atoms with Crippen molar-refractivity contribution >= 4 is 35.0 Å². The number of hydrogen-bond acceptors (Lipinski definition) is 4. The van der Waals surface area contributed by atoms with Gasteiger partial charge in [-0.05, 0) is 24.5 Å². The van der Waals surface area contributed by atoms with Crippen LogP contribution in [-0.4, -0.2) is 25.2 Å². The topological polar surface area (TPSA) is 46.6 Å². The second kappa shape index (κ2) is 6.30. The van der Waals surface area contributed by atoms with Gasteiger partial charge in [-0.15, -0.1) is 11.8 Å². The highest BCUT2D eigenvalue weighted by atomic mass is 32.2. The molecule has 0 saturated carbocycles. The Labute approximate surface area is 138 Å². The lowest BCUT2D eigenvalue weighted by Crippen LogP contribution is -2.23. The largest absolute Gasteiger partial charge is 0.466 e. The predicted octanol–water partition coefficient (Wildman–Crippen LogP) is 3.58. The van der Waals surface area contributed by atoms with E-state index in [0.717, 1.165) is 16.1 Å². The number of fused-ring (bicyclic) bond motifs is 1. The fourth-order valence-electron chi connectivity index (χ4n) is 2.61. The lowest BCUT2D eigenvalue weighted by molar-refractivity contribution is -0.134. The molecule has 0 unspecified atom stereocenters. The molecule has 116 valence electrons. The van der Waals surface area contributed by atoms with Crippen LogP contribution in [0.15, 0.2) is 59.5 Å². The van der Waals surface area contributed by atoms with E-state index in [9.17, 15) is 9.59 Å². The summed E-state index contributed by atoms with van der Waals surface area (Å²) < 4.78 is 4.74. The number of methoxy groups -OCH3 is 1. The van der Waals surface area contributed by atoms with Gasteiger partial charge in [0.25, 0.3) is 5.91 Å². The Hall–Kier alpha value is -2.53. The normalized spacial score (nSPS) is 15.0. The molecule has 1 aliphatic heterocycles. The van der Waals surface area contributed by atoms with E-state index in [1.165, 1.54) is 13.2 Å². The van der Waals surface area contributed by atoms with Crippen LogP contribution >= 0.6 is 11.8 Å². The second-order valence-corrected chi connectivity index (χ2v) is 5.76. The highest BCUT2D eigenvalue weighted by molar-refractivity contribution is 7.98. The maximum atomic E-state index is 12.9. The van der Waals surface area contributed by atoms with Gasteiger partial charge in [-0.3, -0.25) is 9.69 Å². The van der Waals surface area contributed by atoms with E-state index >= 15 is 0 Å². The van der Waals surface area contributed by atoms with Gasteiger partial charge in [-0.25, -0.2) is 4.79 Å². The molecule has 0 atom stereocenters. The molecular formula is C18H15NO3S. The van der Waals surface area contributed by atoms with Gasteiger partial charge in [-0.1, -0.05) is 30.3 Å². The molecule has 0 fully saturated rings. The van der Waals surface area contributed by atoms with Gasteiger partial charge in [0, 0.05) is 22.1 Å². The molecule has 0 bridgehead atoms. The number of hydrogen-bond donors (Lipinski definition) is 0. The molecule has 1 aliphatic rings. The van der Waals surface area contributed by atoms with E-state index < -0.39 is 5.97 Å². The van der Waals surface area contributed by atoms with Gasteiger partial charge in [0.2, 0.25) is 0 Å². The van der Waals surface area contributed by atoms with Gasteiger partial charge in [0.1, 0.15) is 0 Å². The highest BCUT2D eigenvalue weighted by Crippen LogP contribution is 2.40. The standard InChI is InChI=1S/C18H15NO3S/c1-22-17(20)11-15-12-7-3-4-8-13(12)18(21)19(15)14-9-5-6-10-16(14)23-2/h3-11H,1-2H3. The average molecular weight is 325 g/mol. The van der Waals surface area contributed by atoms with Crippen LogP contribution in [0.1, 0.15) is 15.9 Å². The first-order chi connectivity index (χ1) is 11.2. The van der Waals surface area contributed by atoms with E-state index in [0.29, 0.717) is 11.3 Å². The first kappa shape index (κ1) is 15.4. The van der Waals surface area contributed by atoms with Crippen molar-refractivity contribution in [3.8, 4) is 0 Å². The van der Waals surface area contributed by atoms with E-state index in [2.05, 4.69) is 0 Å². The number of thioether (sulfide) groups is 1. The molecule has 0 aromatic heterocycles. The third-order valence-electron chi connectivity index (χ3n) is 3.66. The summed E-state index contributed by atoms with van der Waals surface area (Å²) >= 11 is 1.55. The molecule has 2 aromatic rings. The number of benzene rings is 2. The van der Waals surface area contributed by atoms with Crippen molar-refractivity contribution in [1.29, 1.82) is 0 Å². The smallest absolute Gasteiger partial charge is 0.332 e. The van der Waals surface area contributed by atoms with Gasteiger partial charge in [-0.2, -0.15) is 0 Å². The minimum Gasteiger partial charge on any atom is -0.466 e. The lowest BCUT2D eigenvalue weighted by Gasteiger charge is -2.21. The predicted molar refractivity (Wildman–Crippen MR) is 91.5 cm³/mol. The number of ether oxygens (including phenoxy) is 1. The first-order valence-corrected chi connectivity index (χ1v) is 8.26. The van der Waals surface area contributed by atoms with Crippen molar-refractivity contribution in [3.63, 3.8) is 0 Å². The van der Waals surface area contributed by atoms with Gasteiger partial charge in [0.05, 0.1) is 18.5 Å². The Kier molecular flexibility index (Phi) is 4.21. The van der Waals surface area contributed by atoms with E-state index in [1.54, 1.807) is 22.7 Å². The number of nitrogens with zero attached hydrogens (tertiary/aromatic N) is 1. The molecule has 23 heavy (non-hydrogen) atoms. The molecule has 0 saturated heterocycles. The van der Waals surface area contributed by atoms with Crippen LogP contribution in [0.2, 0.25) is 0 Å². The molecule has 4 nitrogen and oxygen atoms in total. The quantitative estimate of drug-likeness (QED) is 0.491. The van der Waals surface area contributed by atoms with Crippen LogP contribution in [-0.2, 0) is 9.53 Å². The van der Waals surface area contributed by atoms with Crippen LogP contribution in [0, 0.1) is 0 Å². The Balaban J connectivity index is 2.21. The number of esters is 1. The van der Waals surface area contributed by atoms with Crippen LogP contribution in [0.5, 0.6) is 0 Å². The van der Waals surface area contributed by atoms with Crippen molar-refractivity contribution in [2.75, 3.05) is 18.3 Å². The minimum absolute atomic E-state index is 0.141. The zero-order valence-corrected chi connectivity index (χ0v) is 13.6. The number of amides is 1. The summed E-state index contributed by atoms with van der Waals surface area (Å²) in [5.74, 6) is -0.631. The number of carbonyl (C=O) groups excluding carboxylic acids is 2. The zero-order chi connectivity index (χ0) is 16.4. The summed E-state index contributed by atoms with van der Waals surface area (Å²) in [6.07, 6.45) is 3.32. The summed E-state index contributed by atoms with van der Waals surface area (Å²) in [6.45, 7) is 0. The summed E-state index contributed by atoms with van der Waals surface area (Å²) in [6, 6.07) is 14.9. The van der Waals surface area contributed by atoms with Gasteiger partial charge in [0.15, 0.2) is 0 Å². The van der Waals surface area contributed by atoms with Crippen LogP contribution in [0.3, 0.4) is 0 Å². The summed E-state index contributed by atoms with van der Waals surface area (Å²) in [5.41, 5.74) is 2.62. The maximum Gasteiger partial charge on any atom is 0.332 e. The fourth-order valence-corrected chi connectivity index (χ4v) is 3.19. The van der Waals surface area contributed by atoms with Crippen molar-refractivity contribution in [2.24, 2.45) is 0 Å².